The minimum absolute atomic E-state index is 0.0933. The molecule has 0 aliphatic carbocycles. The third-order valence-electron chi connectivity index (χ3n) is 1.60. The highest BCUT2D eigenvalue weighted by atomic mass is 79.9. The van der Waals surface area contributed by atoms with Gasteiger partial charge in [0.05, 0.1) is 11.3 Å². The molecular formula is C9H6BrF3O2S. The zero-order chi connectivity index (χ0) is 12.3. The van der Waals surface area contributed by atoms with Crippen LogP contribution in [-0.4, -0.2) is 16.8 Å². The van der Waals surface area contributed by atoms with E-state index in [0.29, 0.717) is 16.2 Å². The van der Waals surface area contributed by atoms with Crippen LogP contribution in [0.1, 0.15) is 5.56 Å². The highest BCUT2D eigenvalue weighted by Crippen LogP contribution is 2.37. The van der Waals surface area contributed by atoms with Crippen molar-refractivity contribution >= 4 is 33.7 Å². The molecular weight excluding hydrogens is 309 g/mol. The van der Waals surface area contributed by atoms with E-state index in [4.69, 9.17) is 5.11 Å². The lowest BCUT2D eigenvalue weighted by Crippen LogP contribution is -2.08. The Morgan fingerprint density at radius 1 is 1.44 bits per heavy atom. The van der Waals surface area contributed by atoms with Gasteiger partial charge in [-0.1, -0.05) is 15.9 Å². The second-order valence-corrected chi connectivity index (χ2v) is 4.75. The van der Waals surface area contributed by atoms with E-state index < -0.39 is 23.5 Å². The van der Waals surface area contributed by atoms with Crippen LogP contribution in [0.4, 0.5) is 13.2 Å². The van der Waals surface area contributed by atoms with Gasteiger partial charge < -0.3 is 5.11 Å². The van der Waals surface area contributed by atoms with Gasteiger partial charge in [0, 0.05) is 9.37 Å². The number of alkyl halides is 3. The molecule has 0 radical (unpaired) electrons. The van der Waals surface area contributed by atoms with Crippen LogP contribution < -0.4 is 0 Å². The molecule has 0 bridgehead atoms. The second kappa shape index (κ2) is 5.09. The predicted molar refractivity (Wildman–Crippen MR) is 57.5 cm³/mol. The molecule has 0 saturated heterocycles. The van der Waals surface area contributed by atoms with E-state index in [1.54, 1.807) is 0 Å². The third-order valence-corrected chi connectivity index (χ3v) is 3.13. The number of hydrogen-bond donors (Lipinski definition) is 1. The van der Waals surface area contributed by atoms with Gasteiger partial charge in [-0.3, -0.25) is 4.79 Å². The van der Waals surface area contributed by atoms with Crippen LogP contribution in [-0.2, 0) is 11.0 Å². The molecule has 1 N–H and O–H groups in total. The maximum atomic E-state index is 12.5. The summed E-state index contributed by atoms with van der Waals surface area (Å²) in [5.41, 5.74) is -0.818. The second-order valence-electron chi connectivity index (χ2n) is 2.82. The minimum Gasteiger partial charge on any atom is -0.481 e. The van der Waals surface area contributed by atoms with Crippen molar-refractivity contribution in [1.29, 1.82) is 0 Å². The van der Waals surface area contributed by atoms with Crippen LogP contribution in [0.15, 0.2) is 27.6 Å². The molecule has 1 aromatic rings. The predicted octanol–water partition coefficient (Wildman–Crippen LogP) is 3.64. The lowest BCUT2D eigenvalue weighted by atomic mass is 10.2. The topological polar surface area (TPSA) is 37.3 Å². The zero-order valence-corrected chi connectivity index (χ0v) is 10.1. The van der Waals surface area contributed by atoms with Gasteiger partial charge in [-0.05, 0) is 18.2 Å². The van der Waals surface area contributed by atoms with E-state index in [-0.39, 0.29) is 4.90 Å². The van der Waals surface area contributed by atoms with E-state index in [9.17, 15) is 18.0 Å². The fraction of sp³-hybridized carbons (Fsp3) is 0.222. The fourth-order valence-electron chi connectivity index (χ4n) is 0.989. The first-order chi connectivity index (χ1) is 7.30. The number of carboxylic acid groups (broad SMARTS) is 1. The molecule has 0 atom stereocenters. The normalized spacial score (nSPS) is 11.5. The van der Waals surface area contributed by atoms with Gasteiger partial charge in [-0.25, -0.2) is 0 Å². The molecule has 0 aliphatic heterocycles. The highest BCUT2D eigenvalue weighted by molar-refractivity contribution is 9.10. The number of thioether (sulfide) groups is 1. The van der Waals surface area contributed by atoms with Crippen molar-refractivity contribution < 1.29 is 23.1 Å². The summed E-state index contributed by atoms with van der Waals surface area (Å²) in [7, 11) is 0. The smallest absolute Gasteiger partial charge is 0.417 e. The lowest BCUT2D eigenvalue weighted by Gasteiger charge is -2.11. The van der Waals surface area contributed by atoms with Gasteiger partial charge in [0.1, 0.15) is 0 Å². The summed E-state index contributed by atoms with van der Waals surface area (Å²) in [5.74, 6) is -1.56. The molecule has 0 fully saturated rings. The molecule has 0 amide bonds. The number of benzene rings is 1. The molecule has 0 spiro atoms. The average Bonchev–Trinajstić information content (AvgIpc) is 2.12. The van der Waals surface area contributed by atoms with Crippen LogP contribution in [0.25, 0.3) is 0 Å². The molecule has 0 aliphatic rings. The summed E-state index contributed by atoms with van der Waals surface area (Å²) in [6, 6.07) is 3.46. The quantitative estimate of drug-likeness (QED) is 0.865. The van der Waals surface area contributed by atoms with Crippen molar-refractivity contribution in [2.45, 2.75) is 11.1 Å². The van der Waals surface area contributed by atoms with E-state index in [1.165, 1.54) is 12.1 Å². The van der Waals surface area contributed by atoms with Gasteiger partial charge >= 0.3 is 12.1 Å². The first kappa shape index (κ1) is 13.4. The monoisotopic (exact) mass is 314 g/mol. The molecule has 16 heavy (non-hydrogen) atoms. The van der Waals surface area contributed by atoms with Crippen LogP contribution in [0.5, 0.6) is 0 Å². The van der Waals surface area contributed by atoms with Crippen LogP contribution in [0.2, 0.25) is 0 Å². The standard InChI is InChI=1S/C9H6BrF3O2S/c10-5-1-2-6(9(11,12)13)7(3-5)16-4-8(14)15/h1-3H,4H2,(H,14,15). The van der Waals surface area contributed by atoms with E-state index in [0.717, 1.165) is 6.07 Å². The third kappa shape index (κ3) is 3.71. The van der Waals surface area contributed by atoms with E-state index >= 15 is 0 Å². The molecule has 1 rings (SSSR count). The molecule has 0 saturated carbocycles. The molecule has 0 unspecified atom stereocenters. The largest absolute Gasteiger partial charge is 0.481 e. The number of aliphatic carboxylic acids is 1. The molecule has 88 valence electrons. The van der Waals surface area contributed by atoms with Crippen molar-refractivity contribution in [3.05, 3.63) is 28.2 Å². The summed E-state index contributed by atoms with van der Waals surface area (Å²) in [6.45, 7) is 0. The number of rotatable bonds is 3. The summed E-state index contributed by atoms with van der Waals surface area (Å²) in [4.78, 5) is 10.2. The summed E-state index contributed by atoms with van der Waals surface area (Å²) >= 11 is 3.69. The molecule has 7 heteroatoms. The maximum absolute atomic E-state index is 12.5. The summed E-state index contributed by atoms with van der Waals surface area (Å²) in [6.07, 6.45) is -4.47. The number of carboxylic acids is 1. The maximum Gasteiger partial charge on any atom is 0.417 e. The van der Waals surface area contributed by atoms with Crippen molar-refractivity contribution in [1.82, 2.24) is 0 Å². The Morgan fingerprint density at radius 2 is 2.06 bits per heavy atom. The summed E-state index contributed by atoms with van der Waals surface area (Å²) in [5, 5.41) is 8.42. The van der Waals surface area contributed by atoms with Gasteiger partial charge in [0.2, 0.25) is 0 Å². The first-order valence-electron chi connectivity index (χ1n) is 4.02. The van der Waals surface area contributed by atoms with Gasteiger partial charge in [-0.2, -0.15) is 13.2 Å². The number of carbonyl (C=O) groups is 1. The average molecular weight is 315 g/mol. The van der Waals surface area contributed by atoms with E-state index in [1.807, 2.05) is 0 Å². The van der Waals surface area contributed by atoms with E-state index in [2.05, 4.69) is 15.9 Å². The van der Waals surface area contributed by atoms with Crippen molar-refractivity contribution in [2.24, 2.45) is 0 Å². The SMILES string of the molecule is O=C(O)CSc1cc(Br)ccc1C(F)(F)F. The molecule has 0 heterocycles. The molecule has 2 nitrogen and oxygen atoms in total. The zero-order valence-electron chi connectivity index (χ0n) is 7.71. The Morgan fingerprint density at radius 3 is 2.56 bits per heavy atom. The first-order valence-corrected chi connectivity index (χ1v) is 5.80. The van der Waals surface area contributed by atoms with Crippen LogP contribution in [0.3, 0.4) is 0 Å². The van der Waals surface area contributed by atoms with Crippen molar-refractivity contribution in [2.75, 3.05) is 5.75 Å². The Hall–Kier alpha value is -0.690. The van der Waals surface area contributed by atoms with Gasteiger partial charge in [0.25, 0.3) is 0 Å². The fourth-order valence-corrected chi connectivity index (χ4v) is 2.33. The Balaban J connectivity index is 3.04. The van der Waals surface area contributed by atoms with Crippen molar-refractivity contribution in [3.63, 3.8) is 0 Å². The Kier molecular flexibility index (Phi) is 4.26. The Bertz CT molecular complexity index is 406. The number of hydrogen-bond acceptors (Lipinski definition) is 2. The van der Waals surface area contributed by atoms with Crippen LogP contribution in [0, 0.1) is 0 Å². The summed E-state index contributed by atoms with van der Waals surface area (Å²) < 4.78 is 38.1. The lowest BCUT2D eigenvalue weighted by molar-refractivity contribution is -0.140. The van der Waals surface area contributed by atoms with Gasteiger partial charge in [0.15, 0.2) is 0 Å². The van der Waals surface area contributed by atoms with Crippen molar-refractivity contribution in [3.8, 4) is 0 Å². The molecule has 1 aromatic carbocycles. The van der Waals surface area contributed by atoms with Crippen LogP contribution >= 0.6 is 27.7 Å². The molecule has 0 aromatic heterocycles. The van der Waals surface area contributed by atoms with Gasteiger partial charge in [-0.15, -0.1) is 11.8 Å². The number of halogens is 4. The highest BCUT2D eigenvalue weighted by Gasteiger charge is 2.33. The Labute approximate surface area is 102 Å². The minimum atomic E-state index is -4.47.